The van der Waals surface area contributed by atoms with Gasteiger partial charge in [0.2, 0.25) is 0 Å². The van der Waals surface area contributed by atoms with E-state index in [1.165, 1.54) is 31.4 Å². The van der Waals surface area contributed by atoms with Crippen molar-refractivity contribution in [3.05, 3.63) is 35.4 Å². The normalized spacial score (nSPS) is 32.3. The van der Waals surface area contributed by atoms with Crippen LogP contribution in [0, 0.1) is 29.4 Å². The van der Waals surface area contributed by atoms with E-state index in [1.807, 2.05) is 0 Å². The first-order valence-corrected chi connectivity index (χ1v) is 6.33. The predicted octanol–water partition coefficient (Wildman–Crippen LogP) is 2.88. The molecule has 0 radical (unpaired) electrons. The SMILES string of the molecule is NC(Cc1ccc(F)c(F)c1)C1CC2CC2C1. The topological polar surface area (TPSA) is 26.0 Å². The summed E-state index contributed by atoms with van der Waals surface area (Å²) in [7, 11) is 0. The molecule has 92 valence electrons. The molecule has 3 unspecified atom stereocenters. The van der Waals surface area contributed by atoms with Crippen molar-refractivity contribution in [2.45, 2.75) is 31.7 Å². The van der Waals surface area contributed by atoms with Crippen LogP contribution < -0.4 is 5.73 Å². The highest BCUT2D eigenvalue weighted by Gasteiger charge is 2.47. The molecule has 1 aromatic carbocycles. The number of hydrogen-bond donors (Lipinski definition) is 1. The molecule has 0 saturated heterocycles. The Balaban J connectivity index is 1.63. The third-order valence-corrected chi connectivity index (χ3v) is 4.34. The minimum absolute atomic E-state index is 0.0904. The molecule has 2 aliphatic carbocycles. The highest BCUT2D eigenvalue weighted by atomic mass is 19.2. The number of fused-ring (bicyclic) bond motifs is 1. The molecule has 3 atom stereocenters. The van der Waals surface area contributed by atoms with Crippen LogP contribution in [0.15, 0.2) is 18.2 Å². The summed E-state index contributed by atoms with van der Waals surface area (Å²) in [5.74, 6) is 0.840. The van der Waals surface area contributed by atoms with Crippen LogP contribution in [0.5, 0.6) is 0 Å². The second-order valence-electron chi connectivity index (χ2n) is 5.60. The zero-order chi connectivity index (χ0) is 12.0. The van der Waals surface area contributed by atoms with Crippen molar-refractivity contribution in [3.63, 3.8) is 0 Å². The Hall–Kier alpha value is -0.960. The van der Waals surface area contributed by atoms with E-state index >= 15 is 0 Å². The van der Waals surface area contributed by atoms with Crippen LogP contribution in [-0.2, 0) is 6.42 Å². The average Bonchev–Trinajstić information content (AvgIpc) is 2.91. The standard InChI is InChI=1S/C14H17F2N/c15-12-2-1-8(3-13(12)16)4-14(17)11-6-9-5-10(9)7-11/h1-3,9-11,14H,4-7,17H2. The van der Waals surface area contributed by atoms with Crippen molar-refractivity contribution in [2.24, 2.45) is 23.5 Å². The van der Waals surface area contributed by atoms with E-state index in [1.54, 1.807) is 6.07 Å². The third kappa shape index (κ3) is 2.21. The second kappa shape index (κ2) is 4.05. The van der Waals surface area contributed by atoms with Crippen LogP contribution in [0.3, 0.4) is 0 Å². The summed E-state index contributed by atoms with van der Waals surface area (Å²) in [6.45, 7) is 0. The minimum Gasteiger partial charge on any atom is -0.327 e. The molecule has 0 bridgehead atoms. The molecular formula is C14H17F2N. The van der Waals surface area contributed by atoms with E-state index in [-0.39, 0.29) is 6.04 Å². The van der Waals surface area contributed by atoms with Gasteiger partial charge in [0.1, 0.15) is 0 Å². The molecular weight excluding hydrogens is 220 g/mol. The Morgan fingerprint density at radius 3 is 2.47 bits per heavy atom. The number of halogens is 2. The number of benzene rings is 1. The first-order valence-electron chi connectivity index (χ1n) is 6.33. The smallest absolute Gasteiger partial charge is 0.159 e. The van der Waals surface area contributed by atoms with Gasteiger partial charge in [0, 0.05) is 6.04 Å². The first kappa shape index (κ1) is 11.1. The fraction of sp³-hybridized carbons (Fsp3) is 0.571. The lowest BCUT2D eigenvalue weighted by Crippen LogP contribution is -2.31. The van der Waals surface area contributed by atoms with Gasteiger partial charge in [0.25, 0.3) is 0 Å². The molecule has 3 rings (SSSR count). The maximum atomic E-state index is 13.1. The van der Waals surface area contributed by atoms with Gasteiger partial charge in [-0.15, -0.1) is 0 Å². The highest BCUT2D eigenvalue weighted by Crippen LogP contribution is 2.55. The van der Waals surface area contributed by atoms with Gasteiger partial charge in [-0.25, -0.2) is 8.78 Å². The molecule has 0 amide bonds. The van der Waals surface area contributed by atoms with Gasteiger partial charge in [-0.05, 0) is 61.1 Å². The highest BCUT2D eigenvalue weighted by molar-refractivity contribution is 5.19. The summed E-state index contributed by atoms with van der Waals surface area (Å²) < 4.78 is 25.8. The van der Waals surface area contributed by atoms with Crippen molar-refractivity contribution in [3.8, 4) is 0 Å². The number of hydrogen-bond acceptors (Lipinski definition) is 1. The molecule has 1 aromatic rings. The van der Waals surface area contributed by atoms with E-state index in [0.717, 1.165) is 17.4 Å². The molecule has 0 aliphatic heterocycles. The lowest BCUT2D eigenvalue weighted by molar-refractivity contribution is 0.391. The van der Waals surface area contributed by atoms with Gasteiger partial charge in [0.05, 0.1) is 0 Å². The van der Waals surface area contributed by atoms with Crippen molar-refractivity contribution in [2.75, 3.05) is 0 Å². The van der Waals surface area contributed by atoms with Crippen LogP contribution in [0.4, 0.5) is 8.78 Å². The summed E-state index contributed by atoms with van der Waals surface area (Å²) in [6.07, 6.45) is 4.50. The predicted molar refractivity (Wildman–Crippen MR) is 62.4 cm³/mol. The Morgan fingerprint density at radius 1 is 1.12 bits per heavy atom. The molecule has 2 aliphatic rings. The van der Waals surface area contributed by atoms with Gasteiger partial charge in [0.15, 0.2) is 11.6 Å². The summed E-state index contributed by atoms with van der Waals surface area (Å²) in [4.78, 5) is 0. The molecule has 2 N–H and O–H groups in total. The lowest BCUT2D eigenvalue weighted by Gasteiger charge is -2.20. The summed E-state index contributed by atoms with van der Waals surface area (Å²) >= 11 is 0. The molecule has 1 nitrogen and oxygen atoms in total. The largest absolute Gasteiger partial charge is 0.327 e. The Labute approximate surface area is 100 Å². The zero-order valence-corrected chi connectivity index (χ0v) is 9.70. The summed E-state index contributed by atoms with van der Waals surface area (Å²) in [5, 5.41) is 0. The molecule has 2 saturated carbocycles. The number of nitrogens with two attached hydrogens (primary N) is 1. The second-order valence-corrected chi connectivity index (χ2v) is 5.60. The van der Waals surface area contributed by atoms with Crippen LogP contribution in [0.2, 0.25) is 0 Å². The van der Waals surface area contributed by atoms with E-state index in [4.69, 9.17) is 5.73 Å². The number of rotatable bonds is 3. The van der Waals surface area contributed by atoms with E-state index in [9.17, 15) is 8.78 Å². The van der Waals surface area contributed by atoms with Crippen LogP contribution >= 0.6 is 0 Å². The van der Waals surface area contributed by atoms with E-state index in [2.05, 4.69) is 0 Å². The Kier molecular flexibility index (Phi) is 2.66. The van der Waals surface area contributed by atoms with Crippen molar-refractivity contribution in [1.82, 2.24) is 0 Å². The fourth-order valence-corrected chi connectivity index (χ4v) is 3.22. The molecule has 17 heavy (non-hydrogen) atoms. The van der Waals surface area contributed by atoms with Gasteiger partial charge in [-0.2, -0.15) is 0 Å². The zero-order valence-electron chi connectivity index (χ0n) is 9.70. The Morgan fingerprint density at radius 2 is 1.82 bits per heavy atom. The molecule has 0 spiro atoms. The summed E-state index contributed by atoms with van der Waals surface area (Å²) in [6, 6.07) is 4.18. The van der Waals surface area contributed by atoms with Gasteiger partial charge < -0.3 is 5.73 Å². The van der Waals surface area contributed by atoms with Gasteiger partial charge in [-0.3, -0.25) is 0 Å². The van der Waals surface area contributed by atoms with Gasteiger partial charge in [-0.1, -0.05) is 6.07 Å². The van der Waals surface area contributed by atoms with Gasteiger partial charge >= 0.3 is 0 Å². The van der Waals surface area contributed by atoms with E-state index < -0.39 is 11.6 Å². The maximum Gasteiger partial charge on any atom is 0.159 e. The maximum absolute atomic E-state index is 13.1. The van der Waals surface area contributed by atoms with Crippen LogP contribution in [0.25, 0.3) is 0 Å². The average molecular weight is 237 g/mol. The summed E-state index contributed by atoms with van der Waals surface area (Å²) in [5.41, 5.74) is 6.97. The molecule has 0 heterocycles. The third-order valence-electron chi connectivity index (χ3n) is 4.34. The first-order chi connectivity index (χ1) is 8.13. The van der Waals surface area contributed by atoms with Crippen molar-refractivity contribution >= 4 is 0 Å². The lowest BCUT2D eigenvalue weighted by atomic mass is 9.90. The quantitative estimate of drug-likeness (QED) is 0.859. The minimum atomic E-state index is -0.788. The molecule has 2 fully saturated rings. The van der Waals surface area contributed by atoms with E-state index in [0.29, 0.717) is 12.3 Å². The monoisotopic (exact) mass is 237 g/mol. The Bertz CT molecular complexity index is 422. The fourth-order valence-electron chi connectivity index (χ4n) is 3.22. The van der Waals surface area contributed by atoms with Crippen LogP contribution in [0.1, 0.15) is 24.8 Å². The van der Waals surface area contributed by atoms with Crippen molar-refractivity contribution < 1.29 is 8.78 Å². The molecule has 0 aromatic heterocycles. The van der Waals surface area contributed by atoms with Crippen LogP contribution in [-0.4, -0.2) is 6.04 Å². The van der Waals surface area contributed by atoms with Crippen molar-refractivity contribution in [1.29, 1.82) is 0 Å². The molecule has 3 heteroatoms.